The lowest BCUT2D eigenvalue weighted by molar-refractivity contribution is -0.115. The van der Waals surface area contributed by atoms with Gasteiger partial charge in [0.05, 0.1) is 0 Å². The number of carbonyl (C=O) groups excluding carboxylic acids is 1. The zero-order valence-corrected chi connectivity index (χ0v) is 9.70. The second kappa shape index (κ2) is 5.01. The number of nitrogens with zero attached hydrogens (tertiary/aromatic N) is 1. The molecule has 0 spiro atoms. The molecule has 86 valence electrons. The molecule has 3 heteroatoms. The Hall–Kier alpha value is -1.51. The van der Waals surface area contributed by atoms with Crippen molar-refractivity contribution >= 4 is 17.3 Å². The Morgan fingerprint density at radius 1 is 1.38 bits per heavy atom. The summed E-state index contributed by atoms with van der Waals surface area (Å²) in [4.78, 5) is 13.7. The molecule has 1 heterocycles. The van der Waals surface area contributed by atoms with Gasteiger partial charge in [0.1, 0.15) is 0 Å². The Bertz CT molecular complexity index is 370. The van der Waals surface area contributed by atoms with Crippen LogP contribution in [0.4, 0.5) is 11.4 Å². The standard InChI is InChI=1S/C13H18N2O/c1-2-13(16)14-11-6-5-7-12(10-11)15-8-3-4-9-15/h5-7,10H,2-4,8-9H2,1H3,(H,14,16). The lowest BCUT2D eigenvalue weighted by atomic mass is 10.2. The van der Waals surface area contributed by atoms with Crippen LogP contribution in [-0.4, -0.2) is 19.0 Å². The summed E-state index contributed by atoms with van der Waals surface area (Å²) < 4.78 is 0. The number of amides is 1. The monoisotopic (exact) mass is 218 g/mol. The highest BCUT2D eigenvalue weighted by Gasteiger charge is 2.12. The molecular formula is C13H18N2O. The summed E-state index contributed by atoms with van der Waals surface area (Å²) >= 11 is 0. The first-order valence-electron chi connectivity index (χ1n) is 5.94. The molecule has 1 N–H and O–H groups in total. The van der Waals surface area contributed by atoms with Gasteiger partial charge in [-0.15, -0.1) is 0 Å². The summed E-state index contributed by atoms with van der Waals surface area (Å²) in [6.45, 7) is 4.12. The highest BCUT2D eigenvalue weighted by Crippen LogP contribution is 2.23. The Labute approximate surface area is 96.5 Å². The number of nitrogens with one attached hydrogen (secondary N) is 1. The van der Waals surface area contributed by atoms with Crippen LogP contribution in [0.5, 0.6) is 0 Å². The number of hydrogen-bond acceptors (Lipinski definition) is 2. The molecule has 3 nitrogen and oxygen atoms in total. The molecule has 0 saturated carbocycles. The van der Waals surface area contributed by atoms with E-state index < -0.39 is 0 Å². The molecule has 16 heavy (non-hydrogen) atoms. The molecule has 1 aromatic carbocycles. The van der Waals surface area contributed by atoms with Gasteiger partial charge in [-0.05, 0) is 31.0 Å². The van der Waals surface area contributed by atoms with Crippen molar-refractivity contribution in [1.82, 2.24) is 0 Å². The van der Waals surface area contributed by atoms with Gasteiger partial charge >= 0.3 is 0 Å². The number of rotatable bonds is 3. The van der Waals surface area contributed by atoms with Crippen molar-refractivity contribution in [2.45, 2.75) is 26.2 Å². The van der Waals surface area contributed by atoms with Crippen molar-refractivity contribution in [3.05, 3.63) is 24.3 Å². The van der Waals surface area contributed by atoms with Gasteiger partial charge in [0.2, 0.25) is 5.91 Å². The maximum absolute atomic E-state index is 11.3. The van der Waals surface area contributed by atoms with Crippen LogP contribution in [0.3, 0.4) is 0 Å². The van der Waals surface area contributed by atoms with Crippen molar-refractivity contribution in [3.63, 3.8) is 0 Å². The molecule has 2 rings (SSSR count). The van der Waals surface area contributed by atoms with E-state index in [1.165, 1.54) is 18.5 Å². The van der Waals surface area contributed by atoms with E-state index >= 15 is 0 Å². The molecule has 0 aliphatic carbocycles. The van der Waals surface area contributed by atoms with Crippen molar-refractivity contribution in [2.24, 2.45) is 0 Å². The average Bonchev–Trinajstić information content (AvgIpc) is 2.83. The fourth-order valence-corrected chi connectivity index (χ4v) is 2.01. The molecule has 1 saturated heterocycles. The number of anilines is 2. The van der Waals surface area contributed by atoms with Gasteiger partial charge < -0.3 is 10.2 Å². The zero-order chi connectivity index (χ0) is 11.4. The largest absolute Gasteiger partial charge is 0.371 e. The van der Waals surface area contributed by atoms with Crippen molar-refractivity contribution in [1.29, 1.82) is 0 Å². The summed E-state index contributed by atoms with van der Waals surface area (Å²) in [7, 11) is 0. The number of benzene rings is 1. The highest BCUT2D eigenvalue weighted by atomic mass is 16.1. The first-order chi connectivity index (χ1) is 7.79. The van der Waals surface area contributed by atoms with E-state index in [0.717, 1.165) is 18.8 Å². The van der Waals surface area contributed by atoms with Crippen LogP contribution < -0.4 is 10.2 Å². The zero-order valence-electron chi connectivity index (χ0n) is 9.70. The summed E-state index contributed by atoms with van der Waals surface area (Å²) in [6.07, 6.45) is 3.06. The van der Waals surface area contributed by atoms with E-state index in [0.29, 0.717) is 6.42 Å². The molecule has 0 atom stereocenters. The minimum atomic E-state index is 0.0681. The van der Waals surface area contributed by atoms with Gasteiger partial charge in [0.15, 0.2) is 0 Å². The fraction of sp³-hybridized carbons (Fsp3) is 0.462. The topological polar surface area (TPSA) is 32.3 Å². The Balaban J connectivity index is 2.09. The SMILES string of the molecule is CCC(=O)Nc1cccc(N2CCCC2)c1. The van der Waals surface area contributed by atoms with E-state index in [1.807, 2.05) is 19.1 Å². The van der Waals surface area contributed by atoms with Crippen molar-refractivity contribution < 1.29 is 4.79 Å². The number of carbonyl (C=O) groups is 1. The molecule has 0 bridgehead atoms. The molecule has 0 aromatic heterocycles. The predicted molar refractivity (Wildman–Crippen MR) is 66.8 cm³/mol. The first kappa shape index (κ1) is 11.0. The quantitative estimate of drug-likeness (QED) is 0.845. The van der Waals surface area contributed by atoms with E-state index in [2.05, 4.69) is 22.3 Å². The smallest absolute Gasteiger partial charge is 0.224 e. The van der Waals surface area contributed by atoms with E-state index in [-0.39, 0.29) is 5.91 Å². The fourth-order valence-electron chi connectivity index (χ4n) is 2.01. The van der Waals surface area contributed by atoms with E-state index in [4.69, 9.17) is 0 Å². The van der Waals surface area contributed by atoms with Crippen LogP contribution in [0, 0.1) is 0 Å². The van der Waals surface area contributed by atoms with Crippen LogP contribution in [0.1, 0.15) is 26.2 Å². The van der Waals surface area contributed by atoms with Gasteiger partial charge in [-0.3, -0.25) is 4.79 Å². The molecular weight excluding hydrogens is 200 g/mol. The first-order valence-corrected chi connectivity index (χ1v) is 5.94. The van der Waals surface area contributed by atoms with Gasteiger partial charge in [0, 0.05) is 30.9 Å². The molecule has 1 aliphatic heterocycles. The minimum absolute atomic E-state index is 0.0681. The van der Waals surface area contributed by atoms with Crippen molar-refractivity contribution in [2.75, 3.05) is 23.3 Å². The number of hydrogen-bond donors (Lipinski definition) is 1. The third-order valence-electron chi connectivity index (χ3n) is 2.92. The second-order valence-electron chi connectivity index (χ2n) is 4.15. The van der Waals surface area contributed by atoms with Crippen LogP contribution in [0.15, 0.2) is 24.3 Å². The minimum Gasteiger partial charge on any atom is -0.371 e. The summed E-state index contributed by atoms with van der Waals surface area (Å²) in [6, 6.07) is 8.10. The van der Waals surface area contributed by atoms with Gasteiger partial charge in [0.25, 0.3) is 0 Å². The van der Waals surface area contributed by atoms with Crippen molar-refractivity contribution in [3.8, 4) is 0 Å². The Morgan fingerprint density at radius 3 is 2.81 bits per heavy atom. The third-order valence-corrected chi connectivity index (χ3v) is 2.92. The highest BCUT2D eigenvalue weighted by molar-refractivity contribution is 5.91. The second-order valence-corrected chi connectivity index (χ2v) is 4.15. The van der Waals surface area contributed by atoms with E-state index in [9.17, 15) is 4.79 Å². The lowest BCUT2D eigenvalue weighted by Crippen LogP contribution is -2.18. The Morgan fingerprint density at radius 2 is 2.12 bits per heavy atom. The van der Waals surface area contributed by atoms with Gasteiger partial charge in [-0.25, -0.2) is 0 Å². The molecule has 1 fully saturated rings. The molecule has 1 aliphatic rings. The van der Waals surface area contributed by atoms with Crippen LogP contribution in [0.2, 0.25) is 0 Å². The van der Waals surface area contributed by atoms with Gasteiger partial charge in [-0.2, -0.15) is 0 Å². The molecule has 0 radical (unpaired) electrons. The third kappa shape index (κ3) is 2.54. The molecule has 1 aromatic rings. The Kier molecular flexibility index (Phi) is 3.44. The molecule has 0 unspecified atom stereocenters. The predicted octanol–water partition coefficient (Wildman–Crippen LogP) is 2.64. The summed E-state index contributed by atoms with van der Waals surface area (Å²) in [5.74, 6) is 0.0681. The maximum Gasteiger partial charge on any atom is 0.224 e. The summed E-state index contributed by atoms with van der Waals surface area (Å²) in [5, 5.41) is 2.89. The lowest BCUT2D eigenvalue weighted by Gasteiger charge is -2.18. The van der Waals surface area contributed by atoms with Crippen LogP contribution in [0.25, 0.3) is 0 Å². The molecule has 1 amide bonds. The van der Waals surface area contributed by atoms with E-state index in [1.54, 1.807) is 0 Å². The van der Waals surface area contributed by atoms with Crippen LogP contribution >= 0.6 is 0 Å². The maximum atomic E-state index is 11.3. The average molecular weight is 218 g/mol. The van der Waals surface area contributed by atoms with Crippen LogP contribution in [-0.2, 0) is 4.79 Å². The summed E-state index contributed by atoms with van der Waals surface area (Å²) in [5.41, 5.74) is 2.11. The normalized spacial score (nSPS) is 15.2. The van der Waals surface area contributed by atoms with Gasteiger partial charge in [-0.1, -0.05) is 13.0 Å².